The lowest BCUT2D eigenvalue weighted by molar-refractivity contribution is -0.139. The van der Waals surface area contributed by atoms with Crippen LogP contribution in [0.4, 0.5) is 4.79 Å². The molecule has 1 aromatic carbocycles. The Hall–Kier alpha value is -2.05. The summed E-state index contributed by atoms with van der Waals surface area (Å²) in [6.07, 6.45) is 2.23. The second kappa shape index (κ2) is 8.76. The van der Waals surface area contributed by atoms with E-state index in [0.717, 1.165) is 25.9 Å². The summed E-state index contributed by atoms with van der Waals surface area (Å²) in [6.45, 7) is 6.68. The van der Waals surface area contributed by atoms with Crippen molar-refractivity contribution in [1.29, 1.82) is 0 Å². The van der Waals surface area contributed by atoms with Gasteiger partial charge in [-0.1, -0.05) is 36.7 Å². The molecule has 2 amide bonds. The molecule has 2 aliphatic heterocycles. The number of likely N-dealkylation sites (tertiary alicyclic amines) is 1. The molecule has 1 aromatic rings. The first-order valence-electron chi connectivity index (χ1n) is 9.44. The second-order valence-corrected chi connectivity index (χ2v) is 7.53. The maximum atomic E-state index is 12.8. The topological polar surface area (TPSA) is 70.7 Å². The van der Waals surface area contributed by atoms with Crippen LogP contribution in [-0.2, 0) is 9.53 Å². The van der Waals surface area contributed by atoms with E-state index >= 15 is 0 Å². The second-order valence-electron chi connectivity index (χ2n) is 7.12. The minimum Gasteiger partial charge on any atom is -0.463 e. The Bertz CT molecular complexity index is 742. The van der Waals surface area contributed by atoms with E-state index < -0.39 is 12.0 Å². The molecule has 2 heterocycles. The van der Waals surface area contributed by atoms with E-state index in [1.807, 2.05) is 18.2 Å². The molecule has 7 heteroatoms. The minimum atomic E-state index is -0.634. The summed E-state index contributed by atoms with van der Waals surface area (Å²) >= 11 is 6.35. The number of nitrogens with zero attached hydrogens (tertiary/aromatic N) is 1. The van der Waals surface area contributed by atoms with E-state index in [2.05, 4.69) is 22.5 Å². The summed E-state index contributed by atoms with van der Waals surface area (Å²) < 4.78 is 5.29. The molecular formula is C20H26ClN3O3. The lowest BCUT2D eigenvalue weighted by atomic mass is 9.94. The van der Waals surface area contributed by atoms with Gasteiger partial charge in [-0.15, -0.1) is 0 Å². The third-order valence-corrected chi connectivity index (χ3v) is 5.47. The van der Waals surface area contributed by atoms with Gasteiger partial charge in [0.2, 0.25) is 0 Å². The fourth-order valence-corrected chi connectivity index (χ4v) is 3.82. The zero-order valence-electron chi connectivity index (χ0n) is 15.8. The van der Waals surface area contributed by atoms with Crippen molar-refractivity contribution in [2.45, 2.75) is 32.7 Å². The van der Waals surface area contributed by atoms with Crippen molar-refractivity contribution in [3.05, 3.63) is 46.1 Å². The van der Waals surface area contributed by atoms with E-state index in [1.165, 1.54) is 0 Å². The average Bonchev–Trinajstić information content (AvgIpc) is 2.63. The van der Waals surface area contributed by atoms with Crippen LogP contribution in [0, 0.1) is 5.92 Å². The Morgan fingerprint density at radius 2 is 2.00 bits per heavy atom. The molecule has 1 saturated heterocycles. The van der Waals surface area contributed by atoms with Crippen LogP contribution in [0.2, 0.25) is 5.02 Å². The number of piperidine rings is 1. The highest BCUT2D eigenvalue weighted by atomic mass is 35.5. The Balaban J connectivity index is 1.97. The van der Waals surface area contributed by atoms with Gasteiger partial charge in [-0.05, 0) is 50.4 Å². The van der Waals surface area contributed by atoms with Crippen LogP contribution in [0.1, 0.15) is 38.3 Å². The third kappa shape index (κ3) is 4.62. The number of amides is 2. The van der Waals surface area contributed by atoms with Gasteiger partial charge in [-0.2, -0.15) is 0 Å². The number of halogens is 1. The first-order chi connectivity index (χ1) is 13.0. The molecule has 0 saturated carbocycles. The Morgan fingerprint density at radius 3 is 2.67 bits per heavy atom. The Kier molecular flexibility index (Phi) is 6.39. The monoisotopic (exact) mass is 391 g/mol. The Labute approximate surface area is 164 Å². The number of hydrogen-bond acceptors (Lipinski definition) is 4. The molecule has 0 bridgehead atoms. The highest BCUT2D eigenvalue weighted by Gasteiger charge is 2.35. The van der Waals surface area contributed by atoms with E-state index in [1.54, 1.807) is 13.0 Å². The number of carbonyl (C=O) groups is 2. The molecule has 0 spiro atoms. The predicted molar refractivity (Wildman–Crippen MR) is 104 cm³/mol. The number of hydrogen-bond donors (Lipinski definition) is 2. The molecule has 1 atom stereocenters. The van der Waals surface area contributed by atoms with Gasteiger partial charge in [0.15, 0.2) is 0 Å². The van der Waals surface area contributed by atoms with Crippen molar-refractivity contribution in [2.75, 3.05) is 26.2 Å². The van der Waals surface area contributed by atoms with Gasteiger partial charge in [-0.3, -0.25) is 4.90 Å². The Morgan fingerprint density at radius 1 is 1.30 bits per heavy atom. The van der Waals surface area contributed by atoms with Crippen molar-refractivity contribution >= 4 is 23.6 Å². The van der Waals surface area contributed by atoms with Crippen LogP contribution in [0.15, 0.2) is 35.5 Å². The van der Waals surface area contributed by atoms with Crippen molar-refractivity contribution in [3.8, 4) is 0 Å². The lowest BCUT2D eigenvalue weighted by Gasteiger charge is -2.34. The van der Waals surface area contributed by atoms with E-state index in [-0.39, 0.29) is 12.6 Å². The zero-order valence-corrected chi connectivity index (χ0v) is 16.5. The normalized spacial score (nSPS) is 21.6. The summed E-state index contributed by atoms with van der Waals surface area (Å²) in [7, 11) is 0. The van der Waals surface area contributed by atoms with E-state index in [0.29, 0.717) is 34.3 Å². The number of esters is 1. The number of urea groups is 1. The summed E-state index contributed by atoms with van der Waals surface area (Å²) in [5, 5.41) is 6.15. The fourth-order valence-electron chi connectivity index (χ4n) is 3.58. The first kappa shape index (κ1) is 19.7. The fraction of sp³-hybridized carbons (Fsp3) is 0.500. The number of ether oxygens (including phenoxy) is 1. The third-order valence-electron chi connectivity index (χ3n) is 5.12. The maximum absolute atomic E-state index is 12.8. The molecule has 0 aliphatic carbocycles. The van der Waals surface area contributed by atoms with Crippen molar-refractivity contribution in [2.24, 2.45) is 5.92 Å². The van der Waals surface area contributed by atoms with Crippen LogP contribution in [-0.4, -0.2) is 43.1 Å². The summed E-state index contributed by atoms with van der Waals surface area (Å²) in [4.78, 5) is 27.4. The van der Waals surface area contributed by atoms with Crippen molar-refractivity contribution < 1.29 is 14.3 Å². The molecule has 146 valence electrons. The molecule has 1 fully saturated rings. The van der Waals surface area contributed by atoms with Crippen molar-refractivity contribution in [3.63, 3.8) is 0 Å². The number of rotatable bonds is 5. The number of carbonyl (C=O) groups excluding carboxylic acids is 2. The average molecular weight is 392 g/mol. The molecule has 0 radical (unpaired) electrons. The summed E-state index contributed by atoms with van der Waals surface area (Å²) in [6, 6.07) is 6.25. The molecular weight excluding hydrogens is 366 g/mol. The zero-order chi connectivity index (χ0) is 19.4. The highest BCUT2D eigenvalue weighted by Crippen LogP contribution is 2.32. The van der Waals surface area contributed by atoms with Crippen LogP contribution < -0.4 is 10.6 Å². The van der Waals surface area contributed by atoms with Gasteiger partial charge in [0.05, 0.1) is 18.2 Å². The largest absolute Gasteiger partial charge is 0.463 e. The predicted octanol–water partition coefficient (Wildman–Crippen LogP) is 3.24. The van der Waals surface area contributed by atoms with Crippen molar-refractivity contribution in [1.82, 2.24) is 15.5 Å². The molecule has 2 aliphatic rings. The molecule has 2 N–H and O–H groups in total. The van der Waals surface area contributed by atoms with E-state index in [9.17, 15) is 9.59 Å². The van der Waals surface area contributed by atoms with E-state index in [4.69, 9.17) is 16.3 Å². The first-order valence-corrected chi connectivity index (χ1v) is 9.81. The minimum absolute atomic E-state index is 0.264. The molecule has 0 unspecified atom stereocenters. The summed E-state index contributed by atoms with van der Waals surface area (Å²) in [5.41, 5.74) is 1.70. The van der Waals surface area contributed by atoms with Gasteiger partial charge < -0.3 is 15.4 Å². The van der Waals surface area contributed by atoms with Gasteiger partial charge in [0, 0.05) is 17.3 Å². The van der Waals surface area contributed by atoms with Crippen LogP contribution >= 0.6 is 11.6 Å². The van der Waals surface area contributed by atoms with Crippen LogP contribution in [0.3, 0.4) is 0 Å². The maximum Gasteiger partial charge on any atom is 0.338 e. The quantitative estimate of drug-likeness (QED) is 0.756. The lowest BCUT2D eigenvalue weighted by Crippen LogP contribution is -2.49. The highest BCUT2D eigenvalue weighted by molar-refractivity contribution is 6.31. The molecule has 27 heavy (non-hydrogen) atoms. The summed E-state index contributed by atoms with van der Waals surface area (Å²) in [5.74, 6) is 0.272. The standard InChI is InChI=1S/C20H26ClN3O3/c1-3-27-19(25)17-16(12-24-10-8-13(2)9-11-24)22-20(26)23-18(17)14-6-4-5-7-15(14)21/h4-7,13,18H,3,8-12H2,1-2H3,(H2,22,23,26)/t18-/m1/s1. The van der Waals surface area contributed by atoms with Gasteiger partial charge in [0.1, 0.15) is 0 Å². The van der Waals surface area contributed by atoms with Crippen LogP contribution in [0.5, 0.6) is 0 Å². The smallest absolute Gasteiger partial charge is 0.338 e. The van der Waals surface area contributed by atoms with Crippen LogP contribution in [0.25, 0.3) is 0 Å². The SMILES string of the molecule is CCOC(=O)C1=C(CN2CCC(C)CC2)NC(=O)N[C@@H]1c1ccccc1Cl. The molecule has 0 aromatic heterocycles. The van der Waals surface area contributed by atoms with Gasteiger partial charge >= 0.3 is 12.0 Å². The van der Waals surface area contributed by atoms with Gasteiger partial charge in [-0.25, -0.2) is 9.59 Å². The molecule has 6 nitrogen and oxygen atoms in total. The number of benzene rings is 1. The van der Waals surface area contributed by atoms with Gasteiger partial charge in [0.25, 0.3) is 0 Å². The molecule has 3 rings (SSSR count). The number of nitrogens with one attached hydrogen (secondary N) is 2.